The van der Waals surface area contributed by atoms with Crippen LogP contribution in [0.25, 0.3) is 0 Å². The molecule has 0 bridgehead atoms. The average Bonchev–Trinajstić information content (AvgIpc) is 2.23. The molecule has 0 amide bonds. The van der Waals surface area contributed by atoms with E-state index in [-0.39, 0.29) is 6.10 Å². The fraction of sp³-hybridized carbons (Fsp3) is 0.455. The monoisotopic (exact) mass is 226 g/mol. The van der Waals surface area contributed by atoms with Crippen LogP contribution in [0.4, 0.5) is 11.4 Å². The lowest BCUT2D eigenvalue weighted by Crippen LogP contribution is -2.29. The van der Waals surface area contributed by atoms with Crippen molar-refractivity contribution in [2.45, 2.75) is 26.9 Å². The normalized spacial score (nSPS) is 19.1. The van der Waals surface area contributed by atoms with E-state index < -0.39 is 0 Å². The second-order valence-electron chi connectivity index (χ2n) is 3.99. The summed E-state index contributed by atoms with van der Waals surface area (Å²) in [5, 5.41) is 4.02. The highest BCUT2D eigenvalue weighted by molar-refractivity contribution is 6.33. The smallest absolute Gasteiger partial charge is 0.166 e. The van der Waals surface area contributed by atoms with E-state index in [1.807, 2.05) is 20.8 Å². The molecule has 0 saturated carbocycles. The maximum atomic E-state index is 6.18. The summed E-state index contributed by atoms with van der Waals surface area (Å²) in [6.45, 7) is 6.68. The highest BCUT2D eigenvalue weighted by Crippen LogP contribution is 2.43. The lowest BCUT2D eigenvalue weighted by molar-refractivity contribution is 0.227. The fourth-order valence-electron chi connectivity index (χ4n) is 1.81. The van der Waals surface area contributed by atoms with Gasteiger partial charge >= 0.3 is 0 Å². The molecule has 3 nitrogen and oxygen atoms in total. The molecule has 3 N–H and O–H groups in total. The molecule has 0 saturated heterocycles. The number of nitrogen functional groups attached to an aromatic ring is 1. The quantitative estimate of drug-likeness (QED) is 0.669. The molecule has 4 heteroatoms. The second kappa shape index (κ2) is 3.49. The van der Waals surface area contributed by atoms with Gasteiger partial charge in [0.2, 0.25) is 0 Å². The number of nitrogens with one attached hydrogen (secondary N) is 1. The molecule has 1 aromatic rings. The molecular weight excluding hydrogens is 212 g/mol. The van der Waals surface area contributed by atoms with Crippen LogP contribution in [-0.4, -0.2) is 12.6 Å². The van der Waals surface area contributed by atoms with Crippen molar-refractivity contribution >= 4 is 23.0 Å². The third-order valence-corrected chi connectivity index (χ3v) is 3.36. The predicted octanol–water partition coefficient (Wildman–Crippen LogP) is 2.73. The first-order chi connectivity index (χ1) is 7.02. The maximum Gasteiger partial charge on any atom is 0.166 e. The van der Waals surface area contributed by atoms with Crippen LogP contribution in [0.1, 0.15) is 18.1 Å². The van der Waals surface area contributed by atoms with Gasteiger partial charge in [0.05, 0.1) is 22.9 Å². The summed E-state index contributed by atoms with van der Waals surface area (Å²) in [5.74, 6) is 0.744. The Morgan fingerprint density at radius 1 is 1.40 bits per heavy atom. The van der Waals surface area contributed by atoms with Gasteiger partial charge in [0, 0.05) is 0 Å². The van der Waals surface area contributed by atoms with Gasteiger partial charge in [-0.3, -0.25) is 0 Å². The summed E-state index contributed by atoms with van der Waals surface area (Å²) >= 11 is 6.18. The molecule has 0 fully saturated rings. The molecule has 82 valence electrons. The molecule has 1 aliphatic heterocycles. The van der Waals surface area contributed by atoms with Gasteiger partial charge < -0.3 is 15.8 Å². The van der Waals surface area contributed by atoms with Gasteiger partial charge in [0.1, 0.15) is 6.10 Å². The van der Waals surface area contributed by atoms with Gasteiger partial charge in [-0.05, 0) is 31.9 Å². The van der Waals surface area contributed by atoms with Crippen molar-refractivity contribution in [1.82, 2.24) is 0 Å². The predicted molar refractivity (Wildman–Crippen MR) is 63.9 cm³/mol. The van der Waals surface area contributed by atoms with E-state index in [1.165, 1.54) is 0 Å². The number of ether oxygens (including phenoxy) is 1. The van der Waals surface area contributed by atoms with Gasteiger partial charge in [0.15, 0.2) is 5.75 Å². The van der Waals surface area contributed by atoms with Crippen molar-refractivity contribution in [3.05, 3.63) is 16.1 Å². The van der Waals surface area contributed by atoms with Crippen molar-refractivity contribution in [3.8, 4) is 5.75 Å². The van der Waals surface area contributed by atoms with Crippen LogP contribution >= 0.6 is 11.6 Å². The first-order valence-corrected chi connectivity index (χ1v) is 5.38. The zero-order valence-electron chi connectivity index (χ0n) is 9.15. The third kappa shape index (κ3) is 1.51. The number of nitrogens with two attached hydrogens (primary N) is 1. The van der Waals surface area contributed by atoms with Crippen LogP contribution in [0.3, 0.4) is 0 Å². The number of rotatable bonds is 0. The second-order valence-corrected chi connectivity index (χ2v) is 4.37. The summed E-state index contributed by atoms with van der Waals surface area (Å²) in [6, 6.07) is 0. The molecular formula is C11H15ClN2O. The van der Waals surface area contributed by atoms with Gasteiger partial charge in [0.25, 0.3) is 0 Å². The fourth-order valence-corrected chi connectivity index (χ4v) is 2.00. The Labute approximate surface area is 94.6 Å². The van der Waals surface area contributed by atoms with Crippen molar-refractivity contribution in [3.63, 3.8) is 0 Å². The molecule has 1 aliphatic rings. The number of halogens is 1. The summed E-state index contributed by atoms with van der Waals surface area (Å²) < 4.78 is 5.73. The van der Waals surface area contributed by atoms with Crippen LogP contribution in [-0.2, 0) is 0 Å². The first kappa shape index (κ1) is 10.4. The van der Waals surface area contributed by atoms with Crippen molar-refractivity contribution in [2.75, 3.05) is 17.6 Å². The Morgan fingerprint density at radius 2 is 2.07 bits per heavy atom. The van der Waals surface area contributed by atoms with Gasteiger partial charge in [-0.2, -0.15) is 0 Å². The van der Waals surface area contributed by atoms with Crippen molar-refractivity contribution < 1.29 is 4.74 Å². The van der Waals surface area contributed by atoms with E-state index in [0.29, 0.717) is 5.69 Å². The Kier molecular flexibility index (Phi) is 2.43. The summed E-state index contributed by atoms with van der Waals surface area (Å²) in [7, 11) is 0. The lowest BCUT2D eigenvalue weighted by atomic mass is 10.1. The zero-order chi connectivity index (χ0) is 11.2. The molecule has 1 aromatic carbocycles. The van der Waals surface area contributed by atoms with Crippen LogP contribution < -0.4 is 15.8 Å². The molecule has 1 atom stereocenters. The molecule has 0 spiro atoms. The zero-order valence-corrected chi connectivity index (χ0v) is 9.90. The third-order valence-electron chi connectivity index (χ3n) is 2.79. The van der Waals surface area contributed by atoms with E-state index in [4.69, 9.17) is 22.1 Å². The van der Waals surface area contributed by atoms with Crippen molar-refractivity contribution in [2.24, 2.45) is 0 Å². The topological polar surface area (TPSA) is 47.3 Å². The Morgan fingerprint density at radius 3 is 2.73 bits per heavy atom. The Balaban J connectivity index is 2.65. The molecule has 1 unspecified atom stereocenters. The molecule has 0 aliphatic carbocycles. The molecule has 15 heavy (non-hydrogen) atoms. The number of hydrogen-bond donors (Lipinski definition) is 2. The van der Waals surface area contributed by atoms with Gasteiger partial charge in [-0.25, -0.2) is 0 Å². The molecule has 0 aromatic heterocycles. The largest absolute Gasteiger partial charge is 0.485 e. The highest BCUT2D eigenvalue weighted by atomic mass is 35.5. The van der Waals surface area contributed by atoms with E-state index in [0.717, 1.165) is 34.1 Å². The number of hydrogen-bond acceptors (Lipinski definition) is 3. The SMILES string of the molecule is Cc1c(N)c2c(c(C)c1Cl)NCC(C)O2. The van der Waals surface area contributed by atoms with E-state index in [2.05, 4.69) is 5.32 Å². The summed E-state index contributed by atoms with van der Waals surface area (Å²) in [4.78, 5) is 0. The average molecular weight is 227 g/mol. The molecule has 1 heterocycles. The van der Waals surface area contributed by atoms with Crippen LogP contribution in [0.2, 0.25) is 5.02 Å². The minimum absolute atomic E-state index is 0.139. The number of anilines is 2. The summed E-state index contributed by atoms with van der Waals surface area (Å²) in [5.41, 5.74) is 9.45. The first-order valence-electron chi connectivity index (χ1n) is 5.01. The minimum atomic E-state index is 0.139. The Bertz CT molecular complexity index is 418. The van der Waals surface area contributed by atoms with Crippen molar-refractivity contribution in [1.29, 1.82) is 0 Å². The van der Waals surface area contributed by atoms with E-state index >= 15 is 0 Å². The van der Waals surface area contributed by atoms with Gasteiger partial charge in [-0.1, -0.05) is 11.6 Å². The molecule has 0 radical (unpaired) electrons. The summed E-state index contributed by atoms with van der Waals surface area (Å²) in [6.07, 6.45) is 0.139. The number of fused-ring (bicyclic) bond motifs is 1. The highest BCUT2D eigenvalue weighted by Gasteiger charge is 2.23. The Hall–Kier alpha value is -1.09. The van der Waals surface area contributed by atoms with E-state index in [9.17, 15) is 0 Å². The van der Waals surface area contributed by atoms with Crippen LogP contribution in [0.15, 0.2) is 0 Å². The number of benzene rings is 1. The van der Waals surface area contributed by atoms with E-state index in [1.54, 1.807) is 0 Å². The maximum absolute atomic E-state index is 6.18. The van der Waals surface area contributed by atoms with Crippen LogP contribution in [0, 0.1) is 13.8 Å². The minimum Gasteiger partial charge on any atom is -0.485 e. The van der Waals surface area contributed by atoms with Gasteiger partial charge in [-0.15, -0.1) is 0 Å². The lowest BCUT2D eigenvalue weighted by Gasteiger charge is -2.28. The standard InChI is InChI=1S/C11H15ClN2O/c1-5-4-14-10-7(3)8(12)6(2)9(13)11(10)15-5/h5,14H,4,13H2,1-3H3. The molecule has 2 rings (SSSR count). The van der Waals surface area contributed by atoms with Crippen LogP contribution in [0.5, 0.6) is 5.75 Å².